The molecule has 0 saturated heterocycles. The Morgan fingerprint density at radius 1 is 1.38 bits per heavy atom. The van der Waals surface area contributed by atoms with Crippen LogP contribution in [0.15, 0.2) is 35.9 Å². The van der Waals surface area contributed by atoms with Crippen LogP contribution < -0.4 is 11.3 Å². The third-order valence-electron chi connectivity index (χ3n) is 4.08. The molecule has 2 atom stereocenters. The van der Waals surface area contributed by atoms with E-state index in [0.717, 1.165) is 11.1 Å². The summed E-state index contributed by atoms with van der Waals surface area (Å²) in [4.78, 5) is 24.1. The molecule has 0 spiro atoms. The Hall–Kier alpha value is -1.85. The maximum absolute atomic E-state index is 12.2. The van der Waals surface area contributed by atoms with Crippen LogP contribution in [0.5, 0.6) is 0 Å². The summed E-state index contributed by atoms with van der Waals surface area (Å²) in [7, 11) is 0. The van der Waals surface area contributed by atoms with E-state index in [0.29, 0.717) is 11.4 Å². The molecule has 0 saturated carbocycles. The molecule has 0 aromatic heterocycles. The van der Waals surface area contributed by atoms with Crippen molar-refractivity contribution in [1.82, 2.24) is 5.43 Å². The van der Waals surface area contributed by atoms with Crippen LogP contribution >= 0.6 is 11.6 Å². The Balaban J connectivity index is 2.56. The SMILES string of the molecule is CC1=CCC(C(=O)O)(C(=O)NN)C(c2ccc(Cl)cc2)C1. The second kappa shape index (κ2) is 5.87. The number of carboxylic acids is 1. The summed E-state index contributed by atoms with van der Waals surface area (Å²) in [5.41, 5.74) is 2.23. The molecule has 21 heavy (non-hydrogen) atoms. The summed E-state index contributed by atoms with van der Waals surface area (Å²) >= 11 is 5.88. The number of halogens is 1. The van der Waals surface area contributed by atoms with Crippen LogP contribution in [-0.4, -0.2) is 17.0 Å². The van der Waals surface area contributed by atoms with Crippen molar-refractivity contribution in [2.75, 3.05) is 0 Å². The molecular formula is C15H17ClN2O3. The number of carboxylic acid groups (broad SMARTS) is 1. The fraction of sp³-hybridized carbons (Fsp3) is 0.333. The van der Waals surface area contributed by atoms with Crippen LogP contribution in [0.25, 0.3) is 0 Å². The minimum Gasteiger partial charge on any atom is -0.480 e. The van der Waals surface area contributed by atoms with Crippen molar-refractivity contribution >= 4 is 23.5 Å². The van der Waals surface area contributed by atoms with Gasteiger partial charge in [0.25, 0.3) is 5.91 Å². The molecule has 0 heterocycles. The van der Waals surface area contributed by atoms with Gasteiger partial charge in [0.05, 0.1) is 0 Å². The number of hydrazine groups is 1. The molecule has 6 heteroatoms. The van der Waals surface area contributed by atoms with Crippen molar-refractivity contribution in [2.45, 2.75) is 25.7 Å². The number of amides is 1. The Labute approximate surface area is 127 Å². The number of hydrogen-bond donors (Lipinski definition) is 3. The first-order valence-corrected chi connectivity index (χ1v) is 6.95. The van der Waals surface area contributed by atoms with E-state index in [1.165, 1.54) is 0 Å². The molecule has 112 valence electrons. The molecule has 1 aliphatic carbocycles. The number of nitrogens with two attached hydrogens (primary N) is 1. The Morgan fingerprint density at radius 2 is 2.00 bits per heavy atom. The van der Waals surface area contributed by atoms with Gasteiger partial charge in [-0.15, -0.1) is 0 Å². The zero-order valence-corrected chi connectivity index (χ0v) is 12.4. The van der Waals surface area contributed by atoms with E-state index in [1.54, 1.807) is 30.3 Å². The monoisotopic (exact) mass is 308 g/mol. The molecule has 1 aromatic rings. The summed E-state index contributed by atoms with van der Waals surface area (Å²) in [6.07, 6.45) is 2.39. The summed E-state index contributed by atoms with van der Waals surface area (Å²) in [5, 5.41) is 10.3. The average molecular weight is 309 g/mol. The zero-order valence-electron chi connectivity index (χ0n) is 11.6. The van der Waals surface area contributed by atoms with E-state index in [4.69, 9.17) is 17.4 Å². The predicted molar refractivity (Wildman–Crippen MR) is 79.6 cm³/mol. The topological polar surface area (TPSA) is 92.4 Å². The molecule has 0 radical (unpaired) electrons. The number of allylic oxidation sites excluding steroid dienone is 2. The normalized spacial score (nSPS) is 25.1. The predicted octanol–water partition coefficient (Wildman–Crippen LogP) is 2.22. The highest BCUT2D eigenvalue weighted by atomic mass is 35.5. The van der Waals surface area contributed by atoms with Crippen LogP contribution in [0.3, 0.4) is 0 Å². The van der Waals surface area contributed by atoms with Crippen molar-refractivity contribution in [3.05, 3.63) is 46.5 Å². The fourth-order valence-electron chi connectivity index (χ4n) is 2.87. The first-order chi connectivity index (χ1) is 9.91. The van der Waals surface area contributed by atoms with Gasteiger partial charge in [0, 0.05) is 10.9 Å². The summed E-state index contributed by atoms with van der Waals surface area (Å²) in [6.45, 7) is 1.93. The number of hydrogen-bond acceptors (Lipinski definition) is 3. The van der Waals surface area contributed by atoms with Gasteiger partial charge >= 0.3 is 5.97 Å². The van der Waals surface area contributed by atoms with Gasteiger partial charge in [0.15, 0.2) is 5.41 Å². The van der Waals surface area contributed by atoms with Gasteiger partial charge in [-0.3, -0.25) is 15.0 Å². The molecular weight excluding hydrogens is 292 g/mol. The van der Waals surface area contributed by atoms with Gasteiger partial charge in [-0.2, -0.15) is 0 Å². The summed E-state index contributed by atoms with van der Waals surface area (Å²) in [5.74, 6) is 2.88. The second-order valence-corrected chi connectivity index (χ2v) is 5.75. The molecule has 0 fully saturated rings. The van der Waals surface area contributed by atoms with Gasteiger partial charge in [0.2, 0.25) is 0 Å². The van der Waals surface area contributed by atoms with Crippen LogP contribution in [0, 0.1) is 5.41 Å². The molecule has 2 rings (SSSR count). The molecule has 2 unspecified atom stereocenters. The maximum atomic E-state index is 12.2. The van der Waals surface area contributed by atoms with Crippen molar-refractivity contribution in [3.8, 4) is 0 Å². The van der Waals surface area contributed by atoms with E-state index >= 15 is 0 Å². The highest BCUT2D eigenvalue weighted by molar-refractivity contribution is 6.30. The fourth-order valence-corrected chi connectivity index (χ4v) is 2.99. The Bertz CT molecular complexity index is 597. The Morgan fingerprint density at radius 3 is 2.52 bits per heavy atom. The first-order valence-electron chi connectivity index (χ1n) is 6.57. The lowest BCUT2D eigenvalue weighted by Gasteiger charge is -2.38. The summed E-state index contributed by atoms with van der Waals surface area (Å²) < 4.78 is 0. The van der Waals surface area contributed by atoms with E-state index in [1.807, 2.05) is 12.3 Å². The molecule has 5 nitrogen and oxygen atoms in total. The highest BCUT2D eigenvalue weighted by Gasteiger charge is 2.53. The van der Waals surface area contributed by atoms with E-state index < -0.39 is 23.2 Å². The van der Waals surface area contributed by atoms with Gasteiger partial charge in [0.1, 0.15) is 0 Å². The van der Waals surface area contributed by atoms with Gasteiger partial charge in [-0.1, -0.05) is 35.4 Å². The zero-order chi connectivity index (χ0) is 15.6. The average Bonchev–Trinajstić information content (AvgIpc) is 2.47. The van der Waals surface area contributed by atoms with Crippen LogP contribution in [-0.2, 0) is 9.59 Å². The number of carbonyl (C=O) groups excluding carboxylic acids is 1. The highest BCUT2D eigenvalue weighted by Crippen LogP contribution is 2.47. The van der Waals surface area contributed by atoms with E-state index in [9.17, 15) is 14.7 Å². The number of carbonyl (C=O) groups is 2. The molecule has 0 bridgehead atoms. The van der Waals surface area contributed by atoms with Crippen LogP contribution in [0.2, 0.25) is 5.02 Å². The number of nitrogens with one attached hydrogen (secondary N) is 1. The second-order valence-electron chi connectivity index (χ2n) is 5.31. The van der Waals surface area contributed by atoms with Gasteiger partial charge < -0.3 is 5.11 Å². The van der Waals surface area contributed by atoms with Crippen molar-refractivity contribution < 1.29 is 14.7 Å². The first kappa shape index (κ1) is 15.5. The molecule has 0 aliphatic heterocycles. The summed E-state index contributed by atoms with van der Waals surface area (Å²) in [6, 6.07) is 6.90. The number of aliphatic carboxylic acids is 1. The van der Waals surface area contributed by atoms with Crippen molar-refractivity contribution in [1.29, 1.82) is 0 Å². The molecule has 1 aliphatic rings. The lowest BCUT2D eigenvalue weighted by Crippen LogP contribution is -2.53. The molecule has 1 aromatic carbocycles. The largest absolute Gasteiger partial charge is 0.480 e. The third kappa shape index (κ3) is 2.66. The standard InChI is InChI=1S/C15H17ClN2O3/c1-9-6-7-15(14(20)21,13(19)18-17)12(8-9)10-2-4-11(16)5-3-10/h2-6,12H,7-8,17H2,1H3,(H,18,19)(H,20,21). The van der Waals surface area contributed by atoms with Crippen molar-refractivity contribution in [2.24, 2.45) is 11.3 Å². The third-order valence-corrected chi connectivity index (χ3v) is 4.34. The van der Waals surface area contributed by atoms with Crippen LogP contribution in [0.4, 0.5) is 0 Å². The maximum Gasteiger partial charge on any atom is 0.320 e. The minimum atomic E-state index is -1.60. The van der Waals surface area contributed by atoms with Gasteiger partial charge in [-0.05, 0) is 37.5 Å². The number of rotatable bonds is 3. The number of benzene rings is 1. The smallest absolute Gasteiger partial charge is 0.320 e. The lowest BCUT2D eigenvalue weighted by atomic mass is 9.64. The van der Waals surface area contributed by atoms with Crippen molar-refractivity contribution in [3.63, 3.8) is 0 Å². The van der Waals surface area contributed by atoms with E-state index in [-0.39, 0.29) is 6.42 Å². The quantitative estimate of drug-likeness (QED) is 0.262. The van der Waals surface area contributed by atoms with Crippen LogP contribution in [0.1, 0.15) is 31.2 Å². The Kier molecular flexibility index (Phi) is 4.34. The van der Waals surface area contributed by atoms with E-state index in [2.05, 4.69) is 0 Å². The van der Waals surface area contributed by atoms with Gasteiger partial charge in [-0.25, -0.2) is 5.84 Å². The molecule has 1 amide bonds. The molecule has 4 N–H and O–H groups in total. The minimum absolute atomic E-state index is 0.116. The lowest BCUT2D eigenvalue weighted by molar-refractivity contribution is -0.158.